The lowest BCUT2D eigenvalue weighted by molar-refractivity contribution is -0.113. The van der Waals surface area contributed by atoms with E-state index < -0.39 is 10.0 Å². The number of sulfonamides is 1. The van der Waals surface area contributed by atoms with E-state index in [0.29, 0.717) is 35.2 Å². The topological polar surface area (TPSA) is 87.9 Å². The van der Waals surface area contributed by atoms with Gasteiger partial charge < -0.3 is 4.90 Å². The van der Waals surface area contributed by atoms with Gasteiger partial charge in [-0.1, -0.05) is 37.3 Å². The molecule has 8 nitrogen and oxygen atoms in total. The Kier molecular flexibility index (Phi) is 7.18. The molecule has 0 N–H and O–H groups in total. The fourth-order valence-electron chi connectivity index (χ4n) is 5.35. The molecule has 2 saturated heterocycles. The van der Waals surface area contributed by atoms with Crippen molar-refractivity contribution in [3.05, 3.63) is 71.3 Å². The van der Waals surface area contributed by atoms with Gasteiger partial charge in [-0.2, -0.15) is 14.4 Å². The highest BCUT2D eigenvalue weighted by atomic mass is 32.2. The third-order valence-corrected chi connectivity index (χ3v) is 10.3. The van der Waals surface area contributed by atoms with Gasteiger partial charge >= 0.3 is 0 Å². The molecule has 1 atom stereocenters. The van der Waals surface area contributed by atoms with Crippen molar-refractivity contribution in [1.82, 2.24) is 19.0 Å². The summed E-state index contributed by atoms with van der Waals surface area (Å²) in [6.07, 6.45) is 7.77. The number of carbonyl (C=O) groups is 1. The molecule has 3 aliphatic rings. The van der Waals surface area contributed by atoms with Crippen molar-refractivity contribution in [3.63, 3.8) is 0 Å². The van der Waals surface area contributed by atoms with E-state index in [9.17, 15) is 13.2 Å². The molecular formula is C29H31N5O3S2. The SMILES string of the molecule is CC1CCCN(C2=NC(=O)C(=Cc3cn(-c4ccccc4)nc3-c3cccc(S(=O)(=O)N4CCCC4)c3)S2)C1. The number of piperidine rings is 1. The minimum absolute atomic E-state index is 0.253. The summed E-state index contributed by atoms with van der Waals surface area (Å²) in [6.45, 7) is 5.13. The van der Waals surface area contributed by atoms with Crippen molar-refractivity contribution in [2.24, 2.45) is 10.9 Å². The first-order valence-corrected chi connectivity index (χ1v) is 15.7. The highest BCUT2D eigenvalue weighted by molar-refractivity contribution is 8.18. The summed E-state index contributed by atoms with van der Waals surface area (Å²) in [6, 6.07) is 16.7. The summed E-state index contributed by atoms with van der Waals surface area (Å²) in [4.78, 5) is 20.3. The van der Waals surface area contributed by atoms with Crippen molar-refractivity contribution in [2.75, 3.05) is 26.2 Å². The van der Waals surface area contributed by atoms with Gasteiger partial charge in [0.05, 0.1) is 15.5 Å². The molecule has 1 unspecified atom stereocenters. The monoisotopic (exact) mass is 561 g/mol. The molecule has 39 heavy (non-hydrogen) atoms. The van der Waals surface area contributed by atoms with Crippen molar-refractivity contribution in [1.29, 1.82) is 0 Å². The smallest absolute Gasteiger partial charge is 0.286 e. The summed E-state index contributed by atoms with van der Waals surface area (Å²) in [5.74, 6) is 0.321. The first-order chi connectivity index (χ1) is 18.9. The lowest BCUT2D eigenvalue weighted by atomic mass is 10.0. The van der Waals surface area contributed by atoms with Gasteiger partial charge in [0.1, 0.15) is 5.69 Å². The number of carbonyl (C=O) groups excluding carboxylic acids is 1. The maximum atomic E-state index is 13.3. The highest BCUT2D eigenvalue weighted by Crippen LogP contribution is 2.35. The van der Waals surface area contributed by atoms with Crippen LogP contribution in [0.15, 0.2) is 75.6 Å². The Morgan fingerprint density at radius 1 is 1.00 bits per heavy atom. The lowest BCUT2D eigenvalue weighted by Gasteiger charge is -2.31. The predicted octanol–water partition coefficient (Wildman–Crippen LogP) is 5.03. The van der Waals surface area contributed by atoms with E-state index >= 15 is 0 Å². The maximum absolute atomic E-state index is 13.3. The average Bonchev–Trinajstić information content (AvgIpc) is 3.71. The van der Waals surface area contributed by atoms with E-state index in [4.69, 9.17) is 5.10 Å². The van der Waals surface area contributed by atoms with E-state index in [1.54, 1.807) is 27.2 Å². The third kappa shape index (κ3) is 5.33. The second kappa shape index (κ2) is 10.7. The fraction of sp³-hybridized carbons (Fsp3) is 0.345. The molecule has 6 rings (SSSR count). The van der Waals surface area contributed by atoms with Crippen molar-refractivity contribution >= 4 is 38.9 Å². The summed E-state index contributed by atoms with van der Waals surface area (Å²) in [7, 11) is -3.58. The van der Waals surface area contributed by atoms with E-state index in [-0.39, 0.29) is 10.8 Å². The molecule has 4 heterocycles. The molecule has 0 aliphatic carbocycles. The van der Waals surface area contributed by atoms with Crippen molar-refractivity contribution in [2.45, 2.75) is 37.5 Å². The van der Waals surface area contributed by atoms with Crippen LogP contribution in [0.2, 0.25) is 0 Å². The average molecular weight is 562 g/mol. The van der Waals surface area contributed by atoms with E-state index in [1.807, 2.05) is 48.7 Å². The van der Waals surface area contributed by atoms with Crippen LogP contribution in [0.25, 0.3) is 23.0 Å². The summed E-state index contributed by atoms with van der Waals surface area (Å²) in [5, 5.41) is 5.61. The molecule has 0 bridgehead atoms. The van der Waals surface area contributed by atoms with Crippen LogP contribution in [0, 0.1) is 5.92 Å². The van der Waals surface area contributed by atoms with Crippen LogP contribution in [0.3, 0.4) is 0 Å². The number of hydrogen-bond acceptors (Lipinski definition) is 6. The van der Waals surface area contributed by atoms with Crippen LogP contribution in [0.1, 0.15) is 38.2 Å². The van der Waals surface area contributed by atoms with Gasteiger partial charge in [-0.05, 0) is 73.7 Å². The van der Waals surface area contributed by atoms with Gasteiger partial charge in [0.15, 0.2) is 5.17 Å². The number of thioether (sulfide) groups is 1. The number of aromatic nitrogens is 2. The van der Waals surface area contributed by atoms with Crippen LogP contribution >= 0.6 is 11.8 Å². The molecule has 3 aliphatic heterocycles. The van der Waals surface area contributed by atoms with Gasteiger partial charge in [-0.15, -0.1) is 0 Å². The lowest BCUT2D eigenvalue weighted by Crippen LogP contribution is -2.37. The van der Waals surface area contributed by atoms with Crippen LogP contribution in [0.5, 0.6) is 0 Å². The number of amidine groups is 1. The maximum Gasteiger partial charge on any atom is 0.286 e. The quantitative estimate of drug-likeness (QED) is 0.406. The zero-order valence-electron chi connectivity index (χ0n) is 21.9. The number of para-hydroxylation sites is 1. The first kappa shape index (κ1) is 26.0. The first-order valence-electron chi connectivity index (χ1n) is 13.4. The second-order valence-electron chi connectivity index (χ2n) is 10.4. The van der Waals surface area contributed by atoms with E-state index in [1.165, 1.54) is 18.2 Å². The number of nitrogens with zero attached hydrogens (tertiary/aromatic N) is 5. The molecule has 2 aromatic carbocycles. The van der Waals surface area contributed by atoms with Crippen LogP contribution in [0.4, 0.5) is 0 Å². The second-order valence-corrected chi connectivity index (χ2v) is 13.3. The summed E-state index contributed by atoms with van der Waals surface area (Å²) in [5.41, 5.74) is 2.89. The van der Waals surface area contributed by atoms with Crippen LogP contribution in [-0.2, 0) is 14.8 Å². The Hall–Kier alpha value is -3.21. The van der Waals surface area contributed by atoms with Gasteiger partial charge in [0.2, 0.25) is 10.0 Å². The summed E-state index contributed by atoms with van der Waals surface area (Å²) >= 11 is 1.40. The largest absolute Gasteiger partial charge is 0.351 e. The molecule has 1 aromatic heterocycles. The van der Waals surface area contributed by atoms with Gasteiger partial charge in [0, 0.05) is 43.5 Å². The number of amides is 1. The Morgan fingerprint density at radius 2 is 1.79 bits per heavy atom. The number of rotatable bonds is 5. The number of likely N-dealkylation sites (tertiary alicyclic amines) is 1. The molecule has 3 aromatic rings. The molecule has 202 valence electrons. The van der Waals surface area contributed by atoms with Gasteiger partial charge in [-0.3, -0.25) is 4.79 Å². The van der Waals surface area contributed by atoms with E-state index in [2.05, 4.69) is 16.8 Å². The van der Waals surface area contributed by atoms with Gasteiger partial charge in [-0.25, -0.2) is 13.1 Å². The van der Waals surface area contributed by atoms with Gasteiger partial charge in [0.25, 0.3) is 5.91 Å². The Labute approximate surface area is 233 Å². The zero-order valence-corrected chi connectivity index (χ0v) is 23.5. The Bertz CT molecular complexity index is 1560. The third-order valence-electron chi connectivity index (χ3n) is 7.40. The normalized spacial score (nSPS) is 21.6. The fourth-order valence-corrected chi connectivity index (χ4v) is 7.85. The number of hydrogen-bond donors (Lipinski definition) is 0. The van der Waals surface area contributed by atoms with Crippen molar-refractivity contribution < 1.29 is 13.2 Å². The molecular weight excluding hydrogens is 530 g/mol. The number of aliphatic imine (C=N–C) groups is 1. The Morgan fingerprint density at radius 3 is 2.56 bits per heavy atom. The molecule has 10 heteroatoms. The highest BCUT2D eigenvalue weighted by Gasteiger charge is 2.30. The molecule has 2 fully saturated rings. The number of benzene rings is 2. The van der Waals surface area contributed by atoms with E-state index in [0.717, 1.165) is 48.8 Å². The molecule has 0 spiro atoms. The minimum Gasteiger partial charge on any atom is -0.351 e. The zero-order chi connectivity index (χ0) is 27.0. The summed E-state index contributed by atoms with van der Waals surface area (Å²) < 4.78 is 29.9. The van der Waals surface area contributed by atoms with Crippen LogP contribution < -0.4 is 0 Å². The molecule has 1 amide bonds. The standard InChI is InChI=1S/C29H31N5O3S2/c1-21-9-8-14-32(19-21)29-30-28(35)26(38-29)18-23-20-34(24-11-3-2-4-12-24)31-27(23)22-10-7-13-25(17-22)39(36,37)33-15-5-6-16-33/h2-4,7,10-13,17-18,20-21H,5-6,8-9,14-16,19H2,1H3. The van der Waals surface area contributed by atoms with Crippen molar-refractivity contribution in [3.8, 4) is 16.9 Å². The predicted molar refractivity (Wildman–Crippen MR) is 155 cm³/mol. The minimum atomic E-state index is -3.58. The molecule has 0 radical (unpaired) electrons. The van der Waals surface area contributed by atoms with Crippen LogP contribution in [-0.4, -0.2) is 64.7 Å². The molecule has 0 saturated carbocycles. The Balaban J connectivity index is 1.37.